The maximum absolute atomic E-state index is 11.5. The lowest BCUT2D eigenvalue weighted by Gasteiger charge is -2.04. The van der Waals surface area contributed by atoms with Crippen molar-refractivity contribution in [3.05, 3.63) is 40.3 Å². The lowest BCUT2D eigenvalue weighted by atomic mass is 10.2. The summed E-state index contributed by atoms with van der Waals surface area (Å²) in [5.41, 5.74) is 2.12. The maximum atomic E-state index is 11.5. The second kappa shape index (κ2) is 3.46. The lowest BCUT2D eigenvalue weighted by molar-refractivity contribution is 1.05. The number of hydrogen-bond acceptors (Lipinski definition) is 3. The molecule has 1 atom stereocenters. The second-order valence-electron chi connectivity index (χ2n) is 3.17. The zero-order chi connectivity index (χ0) is 10.1. The fraction of sp³-hybridized carbons (Fsp3) is 0.200. The topological polar surface area (TPSA) is 45.8 Å². The third-order valence-electron chi connectivity index (χ3n) is 2.09. The van der Waals surface area contributed by atoms with Crippen molar-refractivity contribution in [1.29, 1.82) is 0 Å². The fourth-order valence-electron chi connectivity index (χ4n) is 1.36. The van der Waals surface area contributed by atoms with E-state index in [1.54, 1.807) is 18.3 Å². The van der Waals surface area contributed by atoms with Crippen LogP contribution < -0.4 is 5.56 Å². The molecule has 2 aromatic rings. The minimum Gasteiger partial charge on any atom is -0.320 e. The van der Waals surface area contributed by atoms with Crippen LogP contribution in [0.25, 0.3) is 11.0 Å². The Morgan fingerprint density at radius 1 is 1.57 bits per heavy atom. The van der Waals surface area contributed by atoms with Crippen LogP contribution in [-0.2, 0) is 0 Å². The summed E-state index contributed by atoms with van der Waals surface area (Å²) in [6.45, 7) is 1.86. The van der Waals surface area contributed by atoms with E-state index in [1.165, 1.54) is 0 Å². The van der Waals surface area contributed by atoms with Crippen molar-refractivity contribution in [3.8, 4) is 0 Å². The van der Waals surface area contributed by atoms with E-state index < -0.39 is 0 Å². The number of aromatic nitrogens is 2. The van der Waals surface area contributed by atoms with E-state index >= 15 is 0 Å². The number of thiol groups is 1. The van der Waals surface area contributed by atoms with E-state index in [2.05, 4.69) is 22.6 Å². The molecule has 0 aliphatic heterocycles. The average molecular weight is 206 g/mol. The Labute approximate surface area is 86.6 Å². The van der Waals surface area contributed by atoms with Crippen molar-refractivity contribution in [3.63, 3.8) is 0 Å². The zero-order valence-corrected chi connectivity index (χ0v) is 8.58. The second-order valence-corrected chi connectivity index (χ2v) is 3.94. The molecule has 0 spiro atoms. The Kier molecular flexibility index (Phi) is 2.29. The zero-order valence-electron chi connectivity index (χ0n) is 7.69. The van der Waals surface area contributed by atoms with E-state index in [1.807, 2.05) is 13.0 Å². The van der Waals surface area contributed by atoms with Gasteiger partial charge in [0.25, 0.3) is 5.56 Å². The molecule has 0 radical (unpaired) electrons. The number of fused-ring (bicyclic) bond motifs is 1. The van der Waals surface area contributed by atoms with Gasteiger partial charge in [0.1, 0.15) is 0 Å². The van der Waals surface area contributed by atoms with Gasteiger partial charge in [-0.05, 0) is 25.1 Å². The van der Waals surface area contributed by atoms with Gasteiger partial charge in [0, 0.05) is 17.0 Å². The molecule has 0 aliphatic carbocycles. The summed E-state index contributed by atoms with van der Waals surface area (Å²) in [7, 11) is 0. The van der Waals surface area contributed by atoms with Gasteiger partial charge >= 0.3 is 0 Å². The van der Waals surface area contributed by atoms with Crippen LogP contribution in [-0.4, -0.2) is 9.97 Å². The summed E-state index contributed by atoms with van der Waals surface area (Å²) in [6, 6.07) is 5.41. The summed E-state index contributed by atoms with van der Waals surface area (Å²) in [5, 5.41) is -0.0786. The average Bonchev–Trinajstić information content (AvgIpc) is 2.16. The molecule has 2 heterocycles. The molecule has 1 N–H and O–H groups in total. The first kappa shape index (κ1) is 9.27. The minimum atomic E-state index is -0.0898. The number of hydrogen-bond donors (Lipinski definition) is 2. The number of pyridine rings is 2. The van der Waals surface area contributed by atoms with Crippen LogP contribution in [0.3, 0.4) is 0 Å². The largest absolute Gasteiger partial charge is 0.320 e. The van der Waals surface area contributed by atoms with Gasteiger partial charge in [0.2, 0.25) is 0 Å². The predicted molar refractivity (Wildman–Crippen MR) is 59.8 cm³/mol. The van der Waals surface area contributed by atoms with Gasteiger partial charge in [-0.1, -0.05) is 0 Å². The van der Waals surface area contributed by atoms with Gasteiger partial charge in [-0.3, -0.25) is 9.78 Å². The first-order valence-electron chi connectivity index (χ1n) is 4.34. The molecule has 3 nitrogen and oxygen atoms in total. The summed E-state index contributed by atoms with van der Waals surface area (Å²) in [6.07, 6.45) is 1.70. The van der Waals surface area contributed by atoms with Crippen LogP contribution in [0.4, 0.5) is 0 Å². The van der Waals surface area contributed by atoms with Gasteiger partial charge in [0.05, 0.1) is 11.0 Å². The van der Waals surface area contributed by atoms with Crippen molar-refractivity contribution >= 4 is 23.7 Å². The van der Waals surface area contributed by atoms with E-state index in [0.29, 0.717) is 5.56 Å². The predicted octanol–water partition coefficient (Wildman–Crippen LogP) is 1.91. The Morgan fingerprint density at radius 3 is 3.07 bits per heavy atom. The van der Waals surface area contributed by atoms with Crippen molar-refractivity contribution in [1.82, 2.24) is 9.97 Å². The van der Waals surface area contributed by atoms with Gasteiger partial charge in [0.15, 0.2) is 0 Å². The Bertz CT molecular complexity index is 519. The molecule has 0 saturated carbocycles. The normalized spacial score (nSPS) is 13.0. The quantitative estimate of drug-likeness (QED) is 0.700. The first-order chi connectivity index (χ1) is 6.68. The van der Waals surface area contributed by atoms with Crippen molar-refractivity contribution in [2.45, 2.75) is 12.2 Å². The summed E-state index contributed by atoms with van der Waals surface area (Å²) < 4.78 is 0. The van der Waals surface area contributed by atoms with E-state index in [0.717, 1.165) is 11.0 Å². The van der Waals surface area contributed by atoms with Gasteiger partial charge in [-0.2, -0.15) is 12.6 Å². The van der Waals surface area contributed by atoms with Gasteiger partial charge < -0.3 is 4.98 Å². The van der Waals surface area contributed by atoms with E-state index in [-0.39, 0.29) is 10.8 Å². The van der Waals surface area contributed by atoms with Crippen LogP contribution >= 0.6 is 12.6 Å². The molecule has 2 rings (SSSR count). The molecular formula is C10H10N2OS. The molecule has 1 unspecified atom stereocenters. The number of H-pyrrole nitrogens is 1. The van der Waals surface area contributed by atoms with Crippen molar-refractivity contribution in [2.24, 2.45) is 0 Å². The number of rotatable bonds is 1. The lowest BCUT2D eigenvalue weighted by Crippen LogP contribution is -2.12. The molecule has 0 aromatic carbocycles. The third-order valence-corrected chi connectivity index (χ3v) is 2.37. The fourth-order valence-corrected chi connectivity index (χ4v) is 1.55. The first-order valence-corrected chi connectivity index (χ1v) is 4.86. The molecule has 4 heteroatoms. The van der Waals surface area contributed by atoms with E-state index in [4.69, 9.17) is 0 Å². The van der Waals surface area contributed by atoms with Crippen molar-refractivity contribution in [2.75, 3.05) is 0 Å². The molecule has 14 heavy (non-hydrogen) atoms. The molecular weight excluding hydrogens is 196 g/mol. The summed E-state index contributed by atoms with van der Waals surface area (Å²) >= 11 is 4.24. The van der Waals surface area contributed by atoms with Crippen LogP contribution in [0.2, 0.25) is 0 Å². The third kappa shape index (κ3) is 1.53. The number of nitrogens with one attached hydrogen (secondary N) is 1. The Morgan fingerprint density at radius 2 is 2.36 bits per heavy atom. The number of nitrogens with zero attached hydrogens (tertiary/aromatic N) is 1. The highest BCUT2D eigenvalue weighted by molar-refractivity contribution is 7.80. The van der Waals surface area contributed by atoms with Crippen LogP contribution in [0.15, 0.2) is 29.2 Å². The molecule has 72 valence electrons. The highest BCUT2D eigenvalue weighted by Gasteiger charge is 2.06. The highest BCUT2D eigenvalue weighted by atomic mass is 32.1. The SMILES string of the molecule is CC(S)c1cc2ncccc2[nH]c1=O. The molecule has 0 saturated heterocycles. The van der Waals surface area contributed by atoms with Crippen LogP contribution in [0.5, 0.6) is 0 Å². The number of aromatic amines is 1. The standard InChI is InChI=1S/C10H10N2OS/c1-6(14)7-5-9-8(12-10(7)13)3-2-4-11-9/h2-6,14H,1H3,(H,12,13). The molecule has 0 bridgehead atoms. The van der Waals surface area contributed by atoms with Crippen LogP contribution in [0, 0.1) is 0 Å². The smallest absolute Gasteiger partial charge is 0.252 e. The minimum absolute atomic E-state index is 0.0786. The maximum Gasteiger partial charge on any atom is 0.252 e. The van der Waals surface area contributed by atoms with Gasteiger partial charge in [-0.25, -0.2) is 0 Å². The van der Waals surface area contributed by atoms with Crippen LogP contribution in [0.1, 0.15) is 17.7 Å². The van der Waals surface area contributed by atoms with Crippen molar-refractivity contribution < 1.29 is 0 Å². The highest BCUT2D eigenvalue weighted by Crippen LogP contribution is 2.17. The van der Waals surface area contributed by atoms with Gasteiger partial charge in [-0.15, -0.1) is 0 Å². The monoisotopic (exact) mass is 206 g/mol. The molecule has 0 amide bonds. The Hall–Kier alpha value is -1.29. The summed E-state index contributed by atoms with van der Waals surface area (Å²) in [4.78, 5) is 18.5. The molecule has 0 fully saturated rings. The van der Waals surface area contributed by atoms with E-state index in [9.17, 15) is 4.79 Å². The molecule has 2 aromatic heterocycles. The molecule has 0 aliphatic rings. The summed E-state index contributed by atoms with van der Waals surface area (Å²) in [5.74, 6) is 0. The Balaban J connectivity index is 2.78.